The summed E-state index contributed by atoms with van der Waals surface area (Å²) in [6.45, 7) is 2.19. The number of para-hydroxylation sites is 1. The molecule has 2 rings (SSSR count). The Labute approximate surface area is 113 Å². The van der Waals surface area contributed by atoms with Crippen molar-refractivity contribution in [2.45, 2.75) is 45.4 Å². The van der Waals surface area contributed by atoms with Gasteiger partial charge in [-0.15, -0.1) is 0 Å². The number of amides is 1. The maximum Gasteiger partial charge on any atom is 0.225 e. The Morgan fingerprint density at radius 3 is 2.84 bits per heavy atom. The molecular formula is C15H21N3O. The first-order valence-corrected chi connectivity index (χ1v) is 7.04. The number of H-pyrrole nitrogens is 1. The van der Waals surface area contributed by atoms with Crippen LogP contribution in [0.5, 0.6) is 0 Å². The van der Waals surface area contributed by atoms with Crippen molar-refractivity contribution in [3.05, 3.63) is 24.3 Å². The van der Waals surface area contributed by atoms with Gasteiger partial charge in [-0.05, 0) is 18.6 Å². The van der Waals surface area contributed by atoms with E-state index in [9.17, 15) is 4.79 Å². The molecule has 1 aromatic carbocycles. The number of benzene rings is 1. The molecule has 0 saturated carbocycles. The van der Waals surface area contributed by atoms with E-state index in [-0.39, 0.29) is 5.91 Å². The van der Waals surface area contributed by atoms with Crippen molar-refractivity contribution in [1.82, 2.24) is 10.2 Å². The summed E-state index contributed by atoms with van der Waals surface area (Å²) in [4.78, 5) is 11.8. The number of carbonyl (C=O) groups is 1. The minimum atomic E-state index is 0.0498. The molecule has 0 saturated heterocycles. The van der Waals surface area contributed by atoms with Gasteiger partial charge in [-0.3, -0.25) is 9.89 Å². The van der Waals surface area contributed by atoms with Gasteiger partial charge >= 0.3 is 0 Å². The minimum absolute atomic E-state index is 0.0498. The van der Waals surface area contributed by atoms with Crippen LogP contribution in [0, 0.1) is 0 Å². The number of nitrogens with zero attached hydrogens (tertiary/aromatic N) is 1. The van der Waals surface area contributed by atoms with Crippen molar-refractivity contribution in [2.24, 2.45) is 0 Å². The van der Waals surface area contributed by atoms with E-state index in [1.54, 1.807) is 0 Å². The Morgan fingerprint density at radius 1 is 1.21 bits per heavy atom. The van der Waals surface area contributed by atoms with Crippen molar-refractivity contribution in [2.75, 3.05) is 5.32 Å². The molecule has 0 atom stereocenters. The number of aromatic amines is 1. The third-order valence-electron chi connectivity index (χ3n) is 3.24. The summed E-state index contributed by atoms with van der Waals surface area (Å²) in [6, 6.07) is 7.79. The first kappa shape index (κ1) is 13.6. The lowest BCUT2D eigenvalue weighted by Crippen LogP contribution is -2.11. The Bertz CT molecular complexity index is 533. The molecule has 1 heterocycles. The summed E-state index contributed by atoms with van der Waals surface area (Å²) in [5, 5.41) is 10.9. The summed E-state index contributed by atoms with van der Waals surface area (Å²) < 4.78 is 0. The number of fused-ring (bicyclic) bond motifs is 1. The van der Waals surface area contributed by atoms with E-state index in [4.69, 9.17) is 0 Å². The number of carbonyl (C=O) groups excluding carboxylic acids is 1. The van der Waals surface area contributed by atoms with Crippen molar-refractivity contribution in [1.29, 1.82) is 0 Å². The van der Waals surface area contributed by atoms with Crippen LogP contribution in [0.2, 0.25) is 0 Å². The van der Waals surface area contributed by atoms with Crippen molar-refractivity contribution in [3.8, 4) is 0 Å². The van der Waals surface area contributed by atoms with Gasteiger partial charge in [-0.2, -0.15) is 5.10 Å². The van der Waals surface area contributed by atoms with Crippen molar-refractivity contribution >= 4 is 22.6 Å². The predicted octanol–water partition coefficient (Wildman–Crippen LogP) is 3.86. The zero-order valence-corrected chi connectivity index (χ0v) is 11.4. The number of anilines is 1. The largest absolute Gasteiger partial charge is 0.309 e. The summed E-state index contributed by atoms with van der Waals surface area (Å²) in [7, 11) is 0. The molecule has 0 bridgehead atoms. The predicted molar refractivity (Wildman–Crippen MR) is 78.1 cm³/mol. The third-order valence-corrected chi connectivity index (χ3v) is 3.24. The van der Waals surface area contributed by atoms with Gasteiger partial charge in [-0.1, -0.05) is 44.7 Å². The smallest absolute Gasteiger partial charge is 0.225 e. The number of hydrogen-bond donors (Lipinski definition) is 2. The van der Waals surface area contributed by atoms with Gasteiger partial charge in [-0.25, -0.2) is 0 Å². The summed E-state index contributed by atoms with van der Waals surface area (Å²) in [6.07, 6.45) is 6.36. The molecule has 1 amide bonds. The monoisotopic (exact) mass is 259 g/mol. The molecule has 0 aliphatic heterocycles. The van der Waals surface area contributed by atoms with Crippen LogP contribution in [0.1, 0.15) is 45.4 Å². The zero-order chi connectivity index (χ0) is 13.5. The zero-order valence-electron chi connectivity index (χ0n) is 11.4. The fourth-order valence-corrected chi connectivity index (χ4v) is 2.14. The van der Waals surface area contributed by atoms with Gasteiger partial charge in [0.05, 0.1) is 5.52 Å². The van der Waals surface area contributed by atoms with Gasteiger partial charge in [0.15, 0.2) is 5.82 Å². The number of hydrogen-bond acceptors (Lipinski definition) is 2. The lowest BCUT2D eigenvalue weighted by Gasteiger charge is -2.02. The number of nitrogens with one attached hydrogen (secondary N) is 2. The summed E-state index contributed by atoms with van der Waals surface area (Å²) in [5.41, 5.74) is 0.945. The van der Waals surface area contributed by atoms with Crippen LogP contribution in [0.15, 0.2) is 24.3 Å². The van der Waals surface area contributed by atoms with Crippen molar-refractivity contribution in [3.63, 3.8) is 0 Å². The Hall–Kier alpha value is -1.84. The van der Waals surface area contributed by atoms with Gasteiger partial charge in [0.1, 0.15) is 0 Å². The van der Waals surface area contributed by atoms with E-state index >= 15 is 0 Å². The van der Waals surface area contributed by atoms with E-state index in [0.29, 0.717) is 12.2 Å². The normalized spacial score (nSPS) is 10.8. The topological polar surface area (TPSA) is 57.8 Å². The van der Waals surface area contributed by atoms with Crippen LogP contribution >= 0.6 is 0 Å². The Kier molecular flexibility index (Phi) is 4.95. The highest BCUT2D eigenvalue weighted by atomic mass is 16.1. The molecule has 0 aliphatic rings. The van der Waals surface area contributed by atoms with Crippen LogP contribution in [0.4, 0.5) is 5.82 Å². The van der Waals surface area contributed by atoms with Crippen LogP contribution in [0.25, 0.3) is 10.9 Å². The maximum absolute atomic E-state index is 11.8. The van der Waals surface area contributed by atoms with Gasteiger partial charge in [0.2, 0.25) is 5.91 Å². The molecule has 2 aromatic rings. The average Bonchev–Trinajstić information content (AvgIpc) is 2.82. The first-order valence-electron chi connectivity index (χ1n) is 7.04. The SMILES string of the molecule is CCCCCCCC(=O)Nc1n[nH]c2ccccc12. The van der Waals surface area contributed by atoms with Crippen LogP contribution < -0.4 is 5.32 Å². The lowest BCUT2D eigenvalue weighted by atomic mass is 10.1. The summed E-state index contributed by atoms with van der Waals surface area (Å²) in [5.74, 6) is 0.683. The highest BCUT2D eigenvalue weighted by Gasteiger charge is 2.08. The standard InChI is InChI=1S/C15H21N3O/c1-2-3-4-5-6-11-14(19)16-15-12-9-7-8-10-13(12)17-18-15/h7-10H,2-6,11H2,1H3,(H2,16,17,18,19). The third kappa shape index (κ3) is 3.81. The molecule has 1 aromatic heterocycles. The molecule has 0 radical (unpaired) electrons. The van der Waals surface area contributed by atoms with E-state index in [2.05, 4.69) is 22.4 Å². The number of rotatable bonds is 7. The fraction of sp³-hybridized carbons (Fsp3) is 0.467. The quantitative estimate of drug-likeness (QED) is 0.742. The fourth-order valence-electron chi connectivity index (χ4n) is 2.14. The van der Waals surface area contributed by atoms with Gasteiger partial charge in [0.25, 0.3) is 0 Å². The van der Waals surface area contributed by atoms with E-state index in [1.165, 1.54) is 19.3 Å². The van der Waals surface area contributed by atoms with E-state index in [0.717, 1.165) is 23.7 Å². The molecule has 0 spiro atoms. The number of aromatic nitrogens is 2. The molecular weight excluding hydrogens is 238 g/mol. The minimum Gasteiger partial charge on any atom is -0.309 e. The average molecular weight is 259 g/mol. The summed E-state index contributed by atoms with van der Waals surface area (Å²) >= 11 is 0. The van der Waals surface area contributed by atoms with Gasteiger partial charge in [0, 0.05) is 11.8 Å². The molecule has 102 valence electrons. The Morgan fingerprint density at radius 2 is 2.00 bits per heavy atom. The Balaban J connectivity index is 1.82. The molecule has 2 N–H and O–H groups in total. The second-order valence-electron chi connectivity index (χ2n) is 4.83. The van der Waals surface area contributed by atoms with E-state index in [1.807, 2.05) is 24.3 Å². The van der Waals surface area contributed by atoms with Crippen LogP contribution in [-0.4, -0.2) is 16.1 Å². The molecule has 4 nitrogen and oxygen atoms in total. The highest BCUT2D eigenvalue weighted by molar-refractivity contribution is 5.99. The first-order chi connectivity index (χ1) is 9.31. The van der Waals surface area contributed by atoms with E-state index < -0.39 is 0 Å². The molecule has 0 unspecified atom stereocenters. The molecule has 0 aliphatic carbocycles. The van der Waals surface area contributed by atoms with Crippen LogP contribution in [0.3, 0.4) is 0 Å². The molecule has 19 heavy (non-hydrogen) atoms. The highest BCUT2D eigenvalue weighted by Crippen LogP contribution is 2.19. The maximum atomic E-state index is 11.8. The van der Waals surface area contributed by atoms with Crippen molar-refractivity contribution < 1.29 is 4.79 Å². The molecule has 0 fully saturated rings. The second kappa shape index (κ2) is 6.92. The number of unbranched alkanes of at least 4 members (excludes halogenated alkanes) is 4. The van der Waals surface area contributed by atoms with Crippen LogP contribution in [-0.2, 0) is 4.79 Å². The van der Waals surface area contributed by atoms with Gasteiger partial charge < -0.3 is 5.32 Å². The second-order valence-corrected chi connectivity index (χ2v) is 4.83. The molecule has 4 heteroatoms. The lowest BCUT2D eigenvalue weighted by molar-refractivity contribution is -0.116.